The molecule has 12 heteroatoms. The molecule has 3 aliphatic carbocycles. The van der Waals surface area contributed by atoms with E-state index in [1.54, 1.807) is 0 Å². The molecule has 9 rings (SSSR count). The van der Waals surface area contributed by atoms with E-state index >= 15 is 9.59 Å². The molecule has 4 aromatic rings. The Hall–Kier alpha value is -4.75. The van der Waals surface area contributed by atoms with Crippen LogP contribution in [0, 0.1) is 17.8 Å². The number of carbonyl (C=O) groups excluding carboxylic acids is 2. The van der Waals surface area contributed by atoms with Gasteiger partial charge in [0.05, 0.1) is 11.6 Å². The monoisotopic (exact) mass is 802 g/mol. The zero-order valence-electron chi connectivity index (χ0n) is 34.5. The predicted molar refractivity (Wildman–Crippen MR) is 223 cm³/mol. The van der Waals surface area contributed by atoms with Crippen LogP contribution >= 0.6 is 0 Å². The van der Waals surface area contributed by atoms with E-state index < -0.39 is 43.4 Å². The molecule has 1 saturated heterocycles. The normalized spacial score (nSPS) is 26.7. The predicted octanol–water partition coefficient (Wildman–Crippen LogP) is 7.96. The number of ether oxygens (including phenoxy) is 2. The van der Waals surface area contributed by atoms with Gasteiger partial charge in [0.2, 0.25) is 11.6 Å². The Morgan fingerprint density at radius 2 is 1.62 bits per heavy atom. The summed E-state index contributed by atoms with van der Waals surface area (Å²) in [5, 5.41) is 16.6. The largest absolute Gasteiger partial charge is 0.507 e. The quantitative estimate of drug-likeness (QED) is 0.132. The molecule has 1 saturated carbocycles. The minimum Gasteiger partial charge on any atom is -0.507 e. The molecule has 3 heterocycles. The Morgan fingerprint density at radius 1 is 0.966 bits per heavy atom. The number of likely N-dealkylation sites (tertiary alicyclic amines) is 1. The van der Waals surface area contributed by atoms with Crippen molar-refractivity contribution in [1.82, 2.24) is 10.1 Å². The SMILES string of the molecule is CN1CC2CCN(C)C2c2cc(OCc3ccccc3)c3c(c21)C[C@H]1C[C@H]2[C@H](N)c4onc(OCc5ccccc5)c4C(=O)C2(O[Si](C)(C)C(C)(C)C)C(=O)C1=C3O. The van der Waals surface area contributed by atoms with E-state index in [2.05, 4.69) is 55.9 Å². The molecule has 304 valence electrons. The van der Waals surface area contributed by atoms with Crippen molar-refractivity contribution in [2.75, 3.05) is 32.1 Å². The summed E-state index contributed by atoms with van der Waals surface area (Å²) < 4.78 is 25.9. The average Bonchev–Trinajstić information content (AvgIpc) is 3.79. The van der Waals surface area contributed by atoms with Crippen LogP contribution in [0.15, 0.2) is 76.8 Å². The van der Waals surface area contributed by atoms with E-state index in [1.807, 2.05) is 73.8 Å². The molecule has 1 aromatic heterocycles. The fourth-order valence-electron chi connectivity index (χ4n) is 10.2. The number of anilines is 1. The van der Waals surface area contributed by atoms with E-state index in [-0.39, 0.29) is 52.8 Å². The van der Waals surface area contributed by atoms with E-state index in [0.29, 0.717) is 30.1 Å². The number of rotatable bonds is 8. The van der Waals surface area contributed by atoms with Crippen LogP contribution in [0.3, 0.4) is 0 Å². The highest BCUT2D eigenvalue weighted by Crippen LogP contribution is 2.59. The fourth-order valence-corrected chi connectivity index (χ4v) is 11.6. The number of hydrogen-bond acceptors (Lipinski definition) is 11. The molecule has 3 N–H and O–H groups in total. The molecule has 0 radical (unpaired) electrons. The summed E-state index contributed by atoms with van der Waals surface area (Å²) in [4.78, 5) is 36.0. The van der Waals surface area contributed by atoms with Crippen molar-refractivity contribution in [3.05, 3.63) is 111 Å². The van der Waals surface area contributed by atoms with Crippen LogP contribution in [0.2, 0.25) is 18.1 Å². The van der Waals surface area contributed by atoms with Crippen molar-refractivity contribution in [3.8, 4) is 11.6 Å². The summed E-state index contributed by atoms with van der Waals surface area (Å²) >= 11 is 0. The number of benzene rings is 3. The number of Topliss-reactive ketones (excluding diaryl/α,β-unsaturated/α-hetero) is 2. The lowest BCUT2D eigenvalue weighted by Gasteiger charge is -2.54. The van der Waals surface area contributed by atoms with Crippen LogP contribution in [0.5, 0.6) is 11.6 Å². The van der Waals surface area contributed by atoms with Gasteiger partial charge in [-0.25, -0.2) is 0 Å². The van der Waals surface area contributed by atoms with Crippen LogP contribution in [0.4, 0.5) is 5.69 Å². The number of aliphatic hydroxyl groups excluding tert-OH is 1. The molecule has 3 aromatic carbocycles. The molecule has 6 atom stereocenters. The summed E-state index contributed by atoms with van der Waals surface area (Å²) in [5.41, 5.74) is 10.9. The summed E-state index contributed by atoms with van der Waals surface area (Å²) in [6, 6.07) is 20.9. The van der Waals surface area contributed by atoms with Gasteiger partial charge in [0.15, 0.2) is 19.7 Å². The first-order valence-corrected chi connectivity index (χ1v) is 23.5. The third-order valence-corrected chi connectivity index (χ3v) is 18.5. The van der Waals surface area contributed by atoms with Crippen LogP contribution < -0.4 is 20.1 Å². The summed E-state index contributed by atoms with van der Waals surface area (Å²) in [7, 11) is 1.40. The first kappa shape index (κ1) is 38.7. The lowest BCUT2D eigenvalue weighted by molar-refractivity contribution is -0.138. The van der Waals surface area contributed by atoms with Crippen LogP contribution in [0.25, 0.3) is 5.76 Å². The van der Waals surface area contributed by atoms with Crippen LogP contribution in [0.1, 0.15) is 89.6 Å². The van der Waals surface area contributed by atoms with E-state index in [1.165, 1.54) is 5.56 Å². The maximum Gasteiger partial charge on any atom is 0.265 e. The maximum atomic E-state index is 15.8. The highest BCUT2D eigenvalue weighted by atomic mass is 28.4. The van der Waals surface area contributed by atoms with Gasteiger partial charge in [-0.1, -0.05) is 81.4 Å². The van der Waals surface area contributed by atoms with Gasteiger partial charge in [0, 0.05) is 36.8 Å². The lowest BCUT2D eigenvalue weighted by Crippen LogP contribution is -2.68. The van der Waals surface area contributed by atoms with Crippen LogP contribution in [-0.4, -0.2) is 67.8 Å². The first-order chi connectivity index (χ1) is 27.6. The van der Waals surface area contributed by atoms with Crippen molar-refractivity contribution >= 4 is 31.3 Å². The van der Waals surface area contributed by atoms with Crippen molar-refractivity contribution in [2.24, 2.45) is 23.5 Å². The Labute approximate surface area is 341 Å². The number of aromatic nitrogens is 1. The number of nitrogens with zero attached hydrogens (tertiary/aromatic N) is 3. The van der Waals surface area contributed by atoms with Crippen molar-refractivity contribution in [3.63, 3.8) is 0 Å². The summed E-state index contributed by atoms with van der Waals surface area (Å²) in [5.74, 6) is -1.39. The van der Waals surface area contributed by atoms with Gasteiger partial charge in [0.1, 0.15) is 30.3 Å². The van der Waals surface area contributed by atoms with Gasteiger partial charge in [-0.15, -0.1) is 0 Å². The lowest BCUT2D eigenvalue weighted by atomic mass is 9.57. The van der Waals surface area contributed by atoms with Crippen LogP contribution in [-0.2, 0) is 28.9 Å². The molecule has 5 aliphatic rings. The Kier molecular flexibility index (Phi) is 9.31. The zero-order chi connectivity index (χ0) is 40.9. The molecule has 0 bridgehead atoms. The van der Waals surface area contributed by atoms with Crippen molar-refractivity contribution < 1.29 is 33.1 Å². The number of carbonyl (C=O) groups is 2. The topological polar surface area (TPSA) is 141 Å². The van der Waals surface area contributed by atoms with Crippen molar-refractivity contribution in [2.45, 2.75) is 89.1 Å². The number of nitrogens with two attached hydrogens (primary N) is 1. The van der Waals surface area contributed by atoms with Gasteiger partial charge in [-0.05, 0) is 96.3 Å². The minimum absolute atomic E-state index is 0.0271. The Morgan fingerprint density at radius 3 is 2.28 bits per heavy atom. The van der Waals surface area contributed by atoms with Gasteiger partial charge in [-0.3, -0.25) is 14.5 Å². The Balaban J connectivity index is 1.21. The van der Waals surface area contributed by atoms with E-state index in [9.17, 15) is 5.11 Å². The minimum atomic E-state index is -2.90. The number of ketones is 2. The first-order valence-electron chi connectivity index (χ1n) is 20.6. The molecule has 58 heavy (non-hydrogen) atoms. The number of hydrogen-bond donors (Lipinski definition) is 2. The molecule has 2 aliphatic heterocycles. The molecule has 11 nitrogen and oxygen atoms in total. The molecular formula is C46H54N4O7Si. The second kappa shape index (κ2) is 13.9. The standard InChI is InChI=1S/C46H54N4O7Si/c1-45(2,3)58(6,7)57-46-32(37(47)41-36(43(46)53)44(48-56-41)55-25-27-16-12-9-13-17-27)21-29-20-30-35(40(51)34(29)42(46)52)33(54-24-26-14-10-8-11-15-26)22-31-38-28(18-19-49(38)4)23-50(5)39(30)31/h8-17,22,28-29,32,37-38,51H,18-21,23-25,47H2,1-7H3/t28?,29-,32-,37-,38?,46?/m0/s1. The molecule has 3 unspecified atom stereocenters. The molecule has 0 amide bonds. The summed E-state index contributed by atoms with van der Waals surface area (Å²) in [6.07, 6.45) is 1.87. The smallest absolute Gasteiger partial charge is 0.265 e. The molecular weight excluding hydrogens is 749 g/mol. The zero-order valence-corrected chi connectivity index (χ0v) is 35.5. The second-order valence-corrected chi connectivity index (χ2v) is 23.3. The van der Waals surface area contributed by atoms with Gasteiger partial charge in [0.25, 0.3) is 5.88 Å². The van der Waals surface area contributed by atoms with Gasteiger partial charge in [-0.2, -0.15) is 0 Å². The van der Waals surface area contributed by atoms with E-state index in [0.717, 1.165) is 41.9 Å². The molecule has 2 fully saturated rings. The summed E-state index contributed by atoms with van der Waals surface area (Å²) in [6.45, 7) is 12.6. The van der Waals surface area contributed by atoms with E-state index in [4.69, 9.17) is 24.2 Å². The highest BCUT2D eigenvalue weighted by Gasteiger charge is 2.68. The Bertz CT molecular complexity index is 2320. The van der Waals surface area contributed by atoms with Gasteiger partial charge >= 0.3 is 0 Å². The highest BCUT2D eigenvalue weighted by molar-refractivity contribution is 6.74. The average molecular weight is 803 g/mol. The number of aliphatic hydroxyl groups is 1. The maximum absolute atomic E-state index is 15.8. The number of fused-ring (bicyclic) bond motifs is 8. The van der Waals surface area contributed by atoms with Crippen molar-refractivity contribution in [1.29, 1.82) is 0 Å². The second-order valence-electron chi connectivity index (χ2n) is 18.6. The molecule has 0 spiro atoms. The van der Waals surface area contributed by atoms with Gasteiger partial charge < -0.3 is 34.2 Å². The third kappa shape index (κ3) is 5.89. The third-order valence-electron chi connectivity index (χ3n) is 14.0. The fraction of sp³-hybridized carbons (Fsp3) is 0.457.